The van der Waals surface area contributed by atoms with Crippen LogP contribution in [0.25, 0.3) is 0 Å². The van der Waals surface area contributed by atoms with Gasteiger partial charge in [-0.05, 0) is 51.7 Å². The number of nitrogens with one attached hydrogen (secondary N) is 1. The number of rotatable bonds is 7. The van der Waals surface area contributed by atoms with E-state index in [-0.39, 0.29) is 11.9 Å². The van der Waals surface area contributed by atoms with E-state index in [1.54, 1.807) is 15.4 Å². The van der Waals surface area contributed by atoms with Gasteiger partial charge in [0.1, 0.15) is 0 Å². The predicted molar refractivity (Wildman–Crippen MR) is 99.4 cm³/mol. The van der Waals surface area contributed by atoms with Crippen LogP contribution in [0.2, 0.25) is 0 Å². The average molecular weight is 384 g/mol. The second-order valence-corrected chi connectivity index (χ2v) is 9.25. The number of nitrogens with zero attached hydrogens (tertiary/aromatic N) is 4. The molecule has 2 aliphatic heterocycles. The van der Waals surface area contributed by atoms with Crippen LogP contribution in [0, 0.1) is 0 Å². The first-order chi connectivity index (χ1) is 12.4. The fourth-order valence-electron chi connectivity index (χ4n) is 4.00. The number of hydrogen-bond donors (Lipinski definition) is 1. The highest BCUT2D eigenvalue weighted by atomic mass is 32.2. The van der Waals surface area contributed by atoms with Crippen LogP contribution >= 0.6 is 0 Å². The van der Waals surface area contributed by atoms with Crippen molar-refractivity contribution in [3.05, 3.63) is 18.0 Å². The lowest BCUT2D eigenvalue weighted by atomic mass is 10.0. The number of H-pyrrole nitrogens is 1. The van der Waals surface area contributed by atoms with E-state index in [1.807, 2.05) is 0 Å². The van der Waals surface area contributed by atoms with Gasteiger partial charge in [0.05, 0.1) is 18.0 Å². The van der Waals surface area contributed by atoms with Crippen molar-refractivity contribution in [1.29, 1.82) is 0 Å². The summed E-state index contributed by atoms with van der Waals surface area (Å²) in [4.78, 5) is 16.7. The molecule has 2 fully saturated rings. The lowest BCUT2D eigenvalue weighted by Crippen LogP contribution is -2.51. The smallest absolute Gasteiger partial charge is 0.257 e. The van der Waals surface area contributed by atoms with E-state index in [0.717, 1.165) is 38.9 Å². The Bertz CT molecular complexity index is 685. The Balaban J connectivity index is 1.61. The fraction of sp³-hybridized carbons (Fsp3) is 0.765. The molecule has 26 heavy (non-hydrogen) atoms. The molecule has 8 nitrogen and oxygen atoms in total. The van der Waals surface area contributed by atoms with Crippen LogP contribution in [0.15, 0.2) is 12.4 Å². The van der Waals surface area contributed by atoms with Gasteiger partial charge in [-0.1, -0.05) is 0 Å². The number of likely N-dealkylation sites (tertiary alicyclic amines) is 2. The molecule has 1 N–H and O–H groups in total. The standard InChI is InChI=1S/C17H29N5O3S/c1-26(24,25)22(11-5-9-20-7-2-3-8-20)16-6-4-10-21(14-16)17(23)15-12-18-19-13-15/h12-13,16H,2-11,14H2,1H3,(H,18,19). The first-order valence-electron chi connectivity index (χ1n) is 9.42. The maximum atomic E-state index is 12.6. The zero-order valence-electron chi connectivity index (χ0n) is 15.4. The van der Waals surface area contributed by atoms with Crippen molar-refractivity contribution in [3.63, 3.8) is 0 Å². The maximum absolute atomic E-state index is 12.6. The highest BCUT2D eigenvalue weighted by Crippen LogP contribution is 2.21. The summed E-state index contributed by atoms with van der Waals surface area (Å²) in [6.07, 6.45) is 9.29. The second-order valence-electron chi connectivity index (χ2n) is 7.31. The van der Waals surface area contributed by atoms with Crippen LogP contribution in [0.4, 0.5) is 0 Å². The van der Waals surface area contributed by atoms with Crippen molar-refractivity contribution in [2.75, 3.05) is 45.5 Å². The fourth-order valence-corrected chi connectivity index (χ4v) is 5.17. The minimum absolute atomic E-state index is 0.0889. The number of sulfonamides is 1. The molecule has 1 unspecified atom stereocenters. The molecule has 9 heteroatoms. The summed E-state index contributed by atoms with van der Waals surface area (Å²) in [6, 6.07) is -0.145. The van der Waals surface area contributed by atoms with Crippen molar-refractivity contribution in [2.24, 2.45) is 0 Å². The van der Waals surface area contributed by atoms with Gasteiger partial charge in [-0.2, -0.15) is 9.40 Å². The Kier molecular flexibility index (Phi) is 6.31. The van der Waals surface area contributed by atoms with E-state index in [2.05, 4.69) is 15.1 Å². The maximum Gasteiger partial charge on any atom is 0.257 e. The molecule has 3 heterocycles. The average Bonchev–Trinajstić information content (AvgIpc) is 3.30. The third-order valence-corrected chi connectivity index (χ3v) is 6.65. The molecular formula is C17H29N5O3S. The summed E-state index contributed by atoms with van der Waals surface area (Å²) < 4.78 is 26.3. The zero-order valence-corrected chi connectivity index (χ0v) is 16.2. The van der Waals surface area contributed by atoms with Gasteiger partial charge in [0, 0.05) is 31.9 Å². The van der Waals surface area contributed by atoms with Crippen LogP contribution in [0.1, 0.15) is 42.5 Å². The van der Waals surface area contributed by atoms with Gasteiger partial charge in [-0.15, -0.1) is 0 Å². The molecule has 1 amide bonds. The van der Waals surface area contributed by atoms with Gasteiger partial charge in [-0.3, -0.25) is 9.89 Å². The molecule has 0 saturated carbocycles. The summed E-state index contributed by atoms with van der Waals surface area (Å²) in [6.45, 7) is 4.81. The van der Waals surface area contributed by atoms with Crippen molar-refractivity contribution in [1.82, 2.24) is 24.3 Å². The van der Waals surface area contributed by atoms with E-state index in [9.17, 15) is 13.2 Å². The Hall–Kier alpha value is -1.45. The molecule has 0 radical (unpaired) electrons. The summed E-state index contributed by atoms with van der Waals surface area (Å²) in [5.41, 5.74) is 0.519. The van der Waals surface area contributed by atoms with Crippen molar-refractivity contribution in [2.45, 2.75) is 38.1 Å². The van der Waals surface area contributed by atoms with Crippen LogP contribution in [0.5, 0.6) is 0 Å². The number of amides is 1. The normalized spacial score (nSPS) is 22.2. The minimum atomic E-state index is -3.30. The quantitative estimate of drug-likeness (QED) is 0.751. The molecular weight excluding hydrogens is 354 g/mol. The third-order valence-electron chi connectivity index (χ3n) is 5.31. The molecule has 1 atom stereocenters. The van der Waals surface area contributed by atoms with Crippen molar-refractivity contribution < 1.29 is 13.2 Å². The number of aromatic amines is 1. The predicted octanol–water partition coefficient (Wildman–Crippen LogP) is 0.762. The third kappa shape index (κ3) is 4.83. The lowest BCUT2D eigenvalue weighted by molar-refractivity contribution is 0.0652. The van der Waals surface area contributed by atoms with E-state index in [4.69, 9.17) is 0 Å². The molecule has 0 aliphatic carbocycles. The minimum Gasteiger partial charge on any atom is -0.337 e. The SMILES string of the molecule is CS(=O)(=O)N(CCCN1CCCC1)C1CCCN(C(=O)c2cn[nH]c2)C1. The molecule has 2 saturated heterocycles. The largest absolute Gasteiger partial charge is 0.337 e. The van der Waals surface area contributed by atoms with Gasteiger partial charge < -0.3 is 9.80 Å². The topological polar surface area (TPSA) is 89.6 Å². The first kappa shape index (κ1) is 19.3. The molecule has 0 bridgehead atoms. The Morgan fingerprint density at radius 2 is 2.08 bits per heavy atom. The van der Waals surface area contributed by atoms with E-state index in [1.165, 1.54) is 25.3 Å². The molecule has 0 spiro atoms. The van der Waals surface area contributed by atoms with Gasteiger partial charge in [-0.25, -0.2) is 8.42 Å². The summed E-state index contributed by atoms with van der Waals surface area (Å²) in [5, 5.41) is 6.48. The van der Waals surface area contributed by atoms with E-state index >= 15 is 0 Å². The lowest BCUT2D eigenvalue weighted by Gasteiger charge is -2.38. The van der Waals surface area contributed by atoms with Gasteiger partial charge in [0.25, 0.3) is 5.91 Å². The molecule has 1 aromatic heterocycles. The molecule has 2 aliphatic rings. The highest BCUT2D eigenvalue weighted by molar-refractivity contribution is 7.88. The number of hydrogen-bond acceptors (Lipinski definition) is 5. The Morgan fingerprint density at radius 3 is 2.73 bits per heavy atom. The summed E-state index contributed by atoms with van der Waals surface area (Å²) >= 11 is 0. The van der Waals surface area contributed by atoms with Crippen LogP contribution in [-0.4, -0.2) is 90.2 Å². The molecule has 146 valence electrons. The van der Waals surface area contributed by atoms with Crippen LogP contribution in [0.3, 0.4) is 0 Å². The molecule has 3 rings (SSSR count). The summed E-state index contributed by atoms with van der Waals surface area (Å²) in [7, 11) is -3.30. The number of aromatic nitrogens is 2. The van der Waals surface area contributed by atoms with E-state index in [0.29, 0.717) is 25.2 Å². The monoisotopic (exact) mass is 383 g/mol. The van der Waals surface area contributed by atoms with E-state index < -0.39 is 10.0 Å². The zero-order chi connectivity index (χ0) is 18.6. The number of piperidine rings is 1. The van der Waals surface area contributed by atoms with Crippen molar-refractivity contribution >= 4 is 15.9 Å². The highest BCUT2D eigenvalue weighted by Gasteiger charge is 2.32. The summed E-state index contributed by atoms with van der Waals surface area (Å²) in [5.74, 6) is -0.0889. The first-order valence-corrected chi connectivity index (χ1v) is 11.3. The number of carbonyl (C=O) groups is 1. The second kappa shape index (κ2) is 8.49. The van der Waals surface area contributed by atoms with Crippen molar-refractivity contribution in [3.8, 4) is 0 Å². The Labute approximate surface area is 155 Å². The van der Waals surface area contributed by atoms with Gasteiger partial charge >= 0.3 is 0 Å². The van der Waals surface area contributed by atoms with Crippen LogP contribution in [-0.2, 0) is 10.0 Å². The number of carbonyl (C=O) groups excluding carboxylic acids is 1. The Morgan fingerprint density at radius 1 is 1.31 bits per heavy atom. The molecule has 0 aromatic carbocycles. The van der Waals surface area contributed by atoms with Gasteiger partial charge in [0.15, 0.2) is 0 Å². The molecule has 1 aromatic rings. The van der Waals surface area contributed by atoms with Crippen LogP contribution < -0.4 is 0 Å². The van der Waals surface area contributed by atoms with Gasteiger partial charge in [0.2, 0.25) is 10.0 Å².